The molecule has 0 unspecified atom stereocenters. The van der Waals surface area contributed by atoms with E-state index in [1.807, 2.05) is 38.2 Å². The summed E-state index contributed by atoms with van der Waals surface area (Å²) in [4.78, 5) is 17.3. The molecule has 0 fully saturated rings. The van der Waals surface area contributed by atoms with Gasteiger partial charge in [0.25, 0.3) is 5.91 Å². The summed E-state index contributed by atoms with van der Waals surface area (Å²) in [6, 6.07) is 3.55. The third kappa shape index (κ3) is 5.93. The van der Waals surface area contributed by atoms with Crippen LogP contribution in [-0.2, 0) is 6.42 Å². The van der Waals surface area contributed by atoms with Crippen LogP contribution >= 0.6 is 11.6 Å². The molecule has 0 saturated heterocycles. The first-order chi connectivity index (χ1) is 13.7. The van der Waals surface area contributed by atoms with E-state index in [9.17, 15) is 4.79 Å². The number of carbonyl (C=O) groups is 1. The number of carbonyl (C=O) groups excluding carboxylic acids is 1. The first-order valence-corrected chi connectivity index (χ1v) is 9.63. The van der Waals surface area contributed by atoms with Gasteiger partial charge in [0.1, 0.15) is 11.3 Å². The zero-order valence-corrected chi connectivity index (χ0v) is 17.7. The van der Waals surface area contributed by atoms with Crippen molar-refractivity contribution in [2.45, 2.75) is 20.3 Å². The molecule has 0 spiro atoms. The van der Waals surface area contributed by atoms with Gasteiger partial charge in [-0.25, -0.2) is 4.98 Å². The molecule has 0 bridgehead atoms. The lowest BCUT2D eigenvalue weighted by molar-refractivity contribution is 0.0950. The van der Waals surface area contributed by atoms with Crippen molar-refractivity contribution in [3.63, 3.8) is 0 Å². The van der Waals surface area contributed by atoms with E-state index < -0.39 is 0 Å². The van der Waals surface area contributed by atoms with Crippen LogP contribution in [0.15, 0.2) is 91.2 Å². The summed E-state index contributed by atoms with van der Waals surface area (Å²) in [5.74, 6) is -0.223. The van der Waals surface area contributed by atoms with Gasteiger partial charge in [0, 0.05) is 12.7 Å². The molecule has 29 heavy (non-hydrogen) atoms. The lowest BCUT2D eigenvalue weighted by Crippen LogP contribution is -2.27. The summed E-state index contributed by atoms with van der Waals surface area (Å²) < 4.78 is 1.72. The van der Waals surface area contributed by atoms with Crippen LogP contribution in [-0.4, -0.2) is 21.8 Å². The van der Waals surface area contributed by atoms with Crippen molar-refractivity contribution in [3.05, 3.63) is 108 Å². The van der Waals surface area contributed by atoms with Crippen molar-refractivity contribution in [2.75, 3.05) is 6.54 Å². The second-order valence-electron chi connectivity index (χ2n) is 6.74. The first kappa shape index (κ1) is 22.2. The number of hydrogen-bond acceptors (Lipinski definition) is 2. The Labute approximate surface area is 177 Å². The lowest BCUT2D eigenvalue weighted by Gasteiger charge is -2.07. The van der Waals surface area contributed by atoms with Gasteiger partial charge >= 0.3 is 0 Å². The maximum atomic E-state index is 12.8. The van der Waals surface area contributed by atoms with E-state index in [1.54, 1.807) is 22.7 Å². The molecule has 0 aliphatic rings. The molecular weight excluding hydrogens is 382 g/mol. The summed E-state index contributed by atoms with van der Waals surface area (Å²) in [7, 11) is 0. The fraction of sp³-hybridized carbons (Fsp3) is 0.167. The smallest absolute Gasteiger partial charge is 0.270 e. The van der Waals surface area contributed by atoms with E-state index in [2.05, 4.69) is 36.6 Å². The Morgan fingerprint density at radius 2 is 1.79 bits per heavy atom. The van der Waals surface area contributed by atoms with Gasteiger partial charge < -0.3 is 5.32 Å². The predicted molar refractivity (Wildman–Crippen MR) is 122 cm³/mol. The highest BCUT2D eigenvalue weighted by Gasteiger charge is 2.18. The van der Waals surface area contributed by atoms with Crippen molar-refractivity contribution in [2.24, 2.45) is 0 Å². The van der Waals surface area contributed by atoms with Gasteiger partial charge in [0.15, 0.2) is 0 Å². The normalized spacial score (nSPS) is 11.3. The number of nitrogens with zero attached hydrogens (tertiary/aromatic N) is 2. The van der Waals surface area contributed by atoms with Crippen LogP contribution in [0, 0.1) is 0 Å². The predicted octanol–water partition coefficient (Wildman–Crippen LogP) is 5.64. The van der Waals surface area contributed by atoms with Crippen molar-refractivity contribution >= 4 is 23.2 Å². The van der Waals surface area contributed by atoms with Crippen LogP contribution in [0.25, 0.3) is 5.65 Å². The Balaban J connectivity index is 2.04. The molecule has 0 aliphatic carbocycles. The second-order valence-corrected chi connectivity index (χ2v) is 7.18. The summed E-state index contributed by atoms with van der Waals surface area (Å²) in [6.45, 7) is 19.9. The van der Waals surface area contributed by atoms with Crippen molar-refractivity contribution in [1.82, 2.24) is 14.7 Å². The second kappa shape index (κ2) is 9.89. The largest absolute Gasteiger partial charge is 0.347 e. The fourth-order valence-electron chi connectivity index (χ4n) is 2.57. The zero-order valence-electron chi connectivity index (χ0n) is 17.0. The molecule has 1 N–H and O–H groups in total. The summed E-state index contributed by atoms with van der Waals surface area (Å²) in [5.41, 5.74) is 5.13. The van der Waals surface area contributed by atoms with E-state index in [-0.39, 0.29) is 5.91 Å². The molecule has 0 aliphatic heterocycles. The number of halogens is 1. The number of fused-ring (bicyclic) bond motifs is 1. The number of amides is 1. The molecule has 0 aromatic carbocycles. The summed E-state index contributed by atoms with van der Waals surface area (Å²) in [5, 5.41) is 3.43. The molecule has 1 amide bonds. The highest BCUT2D eigenvalue weighted by molar-refractivity contribution is 6.30. The number of imidazole rings is 1. The minimum absolute atomic E-state index is 0.223. The Hall–Kier alpha value is -3.11. The SMILES string of the molecule is C=C(C)/C=C\C(=C)C(=C)/C=C\C(=C)CNC(=O)c1c(CC)nc2ccc(Cl)cn12. The Kier molecular flexibility index (Phi) is 7.57. The van der Waals surface area contributed by atoms with Crippen LogP contribution in [0.2, 0.25) is 5.02 Å². The van der Waals surface area contributed by atoms with Crippen molar-refractivity contribution in [1.29, 1.82) is 0 Å². The van der Waals surface area contributed by atoms with Crippen LogP contribution in [0.5, 0.6) is 0 Å². The van der Waals surface area contributed by atoms with Gasteiger partial charge in [0.2, 0.25) is 0 Å². The highest BCUT2D eigenvalue weighted by Crippen LogP contribution is 2.17. The Morgan fingerprint density at radius 3 is 2.41 bits per heavy atom. The third-order valence-corrected chi connectivity index (χ3v) is 4.41. The molecule has 150 valence electrons. The molecule has 2 heterocycles. The number of allylic oxidation sites excluding steroid dienone is 6. The van der Waals surface area contributed by atoms with E-state index >= 15 is 0 Å². The molecular formula is C24H26ClN3O. The van der Waals surface area contributed by atoms with Crippen LogP contribution in [0.4, 0.5) is 0 Å². The highest BCUT2D eigenvalue weighted by atomic mass is 35.5. The molecule has 2 aromatic rings. The number of rotatable bonds is 9. The molecule has 4 nitrogen and oxygen atoms in total. The number of aromatic nitrogens is 2. The average Bonchev–Trinajstić information content (AvgIpc) is 3.05. The van der Waals surface area contributed by atoms with Gasteiger partial charge in [0.05, 0.1) is 10.7 Å². The van der Waals surface area contributed by atoms with Gasteiger partial charge in [-0.15, -0.1) is 0 Å². The molecule has 0 saturated carbocycles. The number of aryl methyl sites for hydroxylation is 1. The van der Waals surface area contributed by atoms with Crippen LogP contribution < -0.4 is 5.32 Å². The fourth-order valence-corrected chi connectivity index (χ4v) is 2.73. The molecule has 2 aromatic heterocycles. The van der Waals surface area contributed by atoms with Crippen molar-refractivity contribution < 1.29 is 4.79 Å². The quantitative estimate of drug-likeness (QED) is 0.547. The molecule has 0 atom stereocenters. The third-order valence-electron chi connectivity index (χ3n) is 4.18. The maximum Gasteiger partial charge on any atom is 0.270 e. The summed E-state index contributed by atoms with van der Waals surface area (Å²) >= 11 is 6.08. The van der Waals surface area contributed by atoms with Gasteiger partial charge in [-0.1, -0.05) is 74.7 Å². The number of hydrogen-bond donors (Lipinski definition) is 1. The summed E-state index contributed by atoms with van der Waals surface area (Å²) in [6.07, 6.45) is 9.72. The van der Waals surface area contributed by atoms with E-state index in [0.717, 1.165) is 28.0 Å². The number of pyridine rings is 1. The Bertz CT molecular complexity index is 1050. The maximum absolute atomic E-state index is 12.8. The van der Waals surface area contributed by atoms with Gasteiger partial charge in [-0.3, -0.25) is 9.20 Å². The monoisotopic (exact) mass is 407 g/mol. The molecule has 5 heteroatoms. The lowest BCUT2D eigenvalue weighted by atomic mass is 10.1. The van der Waals surface area contributed by atoms with E-state index in [1.165, 1.54) is 0 Å². The Morgan fingerprint density at radius 1 is 1.14 bits per heavy atom. The molecule has 2 rings (SSSR count). The van der Waals surface area contributed by atoms with Crippen LogP contribution in [0.1, 0.15) is 30.0 Å². The standard InChI is InChI=1S/C24H26ClN3O/c1-7-21-23(28-15-20(25)12-13-22(28)27-21)24(29)26-14-17(4)9-11-19(6)18(5)10-8-16(2)3/h8-13,15H,2,4-7,14H2,1,3H3,(H,26,29)/b10-8-,11-9-. The van der Waals surface area contributed by atoms with E-state index in [4.69, 9.17) is 11.6 Å². The van der Waals surface area contributed by atoms with Crippen molar-refractivity contribution in [3.8, 4) is 0 Å². The number of nitrogens with one attached hydrogen (secondary N) is 1. The minimum Gasteiger partial charge on any atom is -0.347 e. The van der Waals surface area contributed by atoms with Crippen LogP contribution in [0.3, 0.4) is 0 Å². The molecule has 0 radical (unpaired) electrons. The van der Waals surface area contributed by atoms with Gasteiger partial charge in [-0.05, 0) is 42.2 Å². The van der Waals surface area contributed by atoms with E-state index in [0.29, 0.717) is 29.3 Å². The zero-order chi connectivity index (χ0) is 21.6. The first-order valence-electron chi connectivity index (χ1n) is 9.25. The average molecular weight is 408 g/mol. The van der Waals surface area contributed by atoms with Gasteiger partial charge in [-0.2, -0.15) is 0 Å². The topological polar surface area (TPSA) is 46.4 Å². The minimum atomic E-state index is -0.223.